The van der Waals surface area contributed by atoms with Crippen LogP contribution in [0.1, 0.15) is 25.8 Å². The summed E-state index contributed by atoms with van der Waals surface area (Å²) in [5.74, 6) is 2.05. The van der Waals surface area contributed by atoms with Crippen molar-refractivity contribution in [2.75, 3.05) is 30.4 Å². The molecule has 1 aromatic rings. The molecule has 0 spiro atoms. The summed E-state index contributed by atoms with van der Waals surface area (Å²) in [5, 5.41) is 11.7. The molecule has 0 unspecified atom stereocenters. The molecular weight excluding hydrogens is 226 g/mol. The Kier molecular flexibility index (Phi) is 5.37. The topological polar surface area (TPSA) is 64.8 Å². The molecule has 0 saturated heterocycles. The third-order valence-electron chi connectivity index (χ3n) is 2.55. The first-order valence-corrected chi connectivity index (χ1v) is 6.21. The minimum atomic E-state index is 0.505. The van der Waals surface area contributed by atoms with Crippen molar-refractivity contribution < 1.29 is 0 Å². The number of nitrogens with one attached hydrogen (secondary N) is 1. The van der Waals surface area contributed by atoms with Crippen molar-refractivity contribution in [2.24, 2.45) is 5.92 Å². The van der Waals surface area contributed by atoms with Crippen LogP contribution >= 0.6 is 0 Å². The van der Waals surface area contributed by atoms with Crippen molar-refractivity contribution in [2.45, 2.75) is 27.2 Å². The molecule has 0 saturated carbocycles. The van der Waals surface area contributed by atoms with E-state index in [1.807, 2.05) is 13.1 Å². The number of nitrogens with zero attached hydrogens (tertiary/aromatic N) is 4. The summed E-state index contributed by atoms with van der Waals surface area (Å²) in [5.41, 5.74) is 1.03. The quantitative estimate of drug-likeness (QED) is 0.835. The van der Waals surface area contributed by atoms with Crippen molar-refractivity contribution >= 4 is 11.8 Å². The van der Waals surface area contributed by atoms with Crippen LogP contribution in [0.15, 0.2) is 6.20 Å². The van der Waals surface area contributed by atoms with Crippen molar-refractivity contribution in [1.29, 1.82) is 5.26 Å². The van der Waals surface area contributed by atoms with Gasteiger partial charge in [0.1, 0.15) is 5.82 Å². The summed E-state index contributed by atoms with van der Waals surface area (Å²) >= 11 is 0. The number of anilines is 2. The Balaban J connectivity index is 2.99. The van der Waals surface area contributed by atoms with Crippen molar-refractivity contribution in [1.82, 2.24) is 9.97 Å². The maximum absolute atomic E-state index is 8.74. The Morgan fingerprint density at radius 2 is 2.22 bits per heavy atom. The van der Waals surface area contributed by atoms with Gasteiger partial charge in [0.15, 0.2) is 0 Å². The highest BCUT2D eigenvalue weighted by atomic mass is 15.2. The van der Waals surface area contributed by atoms with Crippen molar-refractivity contribution in [3.05, 3.63) is 11.8 Å². The highest BCUT2D eigenvalue weighted by molar-refractivity contribution is 5.48. The molecule has 1 heterocycles. The molecule has 1 rings (SSSR count). The molecule has 18 heavy (non-hydrogen) atoms. The third-order valence-corrected chi connectivity index (χ3v) is 2.55. The largest absolute Gasteiger partial charge is 0.357 e. The summed E-state index contributed by atoms with van der Waals surface area (Å²) in [6, 6.07) is 2.19. The highest BCUT2D eigenvalue weighted by Gasteiger charge is 2.13. The summed E-state index contributed by atoms with van der Waals surface area (Å²) in [6.07, 6.45) is 2.32. The summed E-state index contributed by atoms with van der Waals surface area (Å²) in [6.45, 7) is 7.91. The van der Waals surface area contributed by atoms with E-state index >= 15 is 0 Å². The van der Waals surface area contributed by atoms with Crippen LogP contribution in [0.5, 0.6) is 0 Å². The van der Waals surface area contributed by atoms with Crippen LogP contribution in [0.3, 0.4) is 0 Å². The minimum absolute atomic E-state index is 0.505. The summed E-state index contributed by atoms with van der Waals surface area (Å²) in [4.78, 5) is 10.8. The second kappa shape index (κ2) is 6.80. The van der Waals surface area contributed by atoms with E-state index < -0.39 is 0 Å². The zero-order valence-electron chi connectivity index (χ0n) is 11.6. The monoisotopic (exact) mass is 247 g/mol. The molecule has 5 nitrogen and oxygen atoms in total. The fourth-order valence-corrected chi connectivity index (χ4v) is 1.78. The lowest BCUT2D eigenvalue weighted by molar-refractivity contribution is 0.606. The third kappa shape index (κ3) is 3.88. The van der Waals surface area contributed by atoms with Crippen LogP contribution in [-0.4, -0.2) is 30.1 Å². The predicted molar refractivity (Wildman–Crippen MR) is 73.6 cm³/mol. The van der Waals surface area contributed by atoms with E-state index in [9.17, 15) is 0 Å². The van der Waals surface area contributed by atoms with Gasteiger partial charge in [-0.1, -0.05) is 13.8 Å². The van der Waals surface area contributed by atoms with Gasteiger partial charge < -0.3 is 10.2 Å². The van der Waals surface area contributed by atoms with Crippen LogP contribution in [0.2, 0.25) is 0 Å². The molecule has 0 atom stereocenters. The Morgan fingerprint density at radius 3 is 2.78 bits per heavy atom. The lowest BCUT2D eigenvalue weighted by Crippen LogP contribution is -2.30. The number of nitriles is 1. The standard InChI is InChI=1S/C13H21N5/c1-10(2)9-18(7-5-6-14)12-11(3)8-16-13(15-4)17-12/h8,10H,5,7,9H2,1-4H3,(H,15,16,17). The number of aromatic nitrogens is 2. The molecule has 1 aromatic heterocycles. The van der Waals surface area contributed by atoms with E-state index in [4.69, 9.17) is 5.26 Å². The first-order valence-electron chi connectivity index (χ1n) is 6.21. The van der Waals surface area contributed by atoms with Crippen molar-refractivity contribution in [3.63, 3.8) is 0 Å². The number of aryl methyl sites for hydroxylation is 1. The van der Waals surface area contributed by atoms with E-state index in [1.165, 1.54) is 0 Å². The normalized spacial score (nSPS) is 10.2. The van der Waals surface area contributed by atoms with E-state index in [-0.39, 0.29) is 0 Å². The van der Waals surface area contributed by atoms with E-state index in [0.717, 1.165) is 17.9 Å². The molecule has 98 valence electrons. The van der Waals surface area contributed by atoms with Gasteiger partial charge in [0.05, 0.1) is 12.5 Å². The van der Waals surface area contributed by atoms with Crippen LogP contribution in [0, 0.1) is 24.2 Å². The zero-order chi connectivity index (χ0) is 13.5. The first-order chi connectivity index (χ1) is 8.58. The van der Waals surface area contributed by atoms with E-state index in [2.05, 4.69) is 40.1 Å². The molecule has 0 fully saturated rings. The maximum Gasteiger partial charge on any atom is 0.224 e. The number of rotatable bonds is 6. The van der Waals surface area contributed by atoms with Gasteiger partial charge in [-0.15, -0.1) is 0 Å². The van der Waals surface area contributed by atoms with Gasteiger partial charge in [0.2, 0.25) is 5.95 Å². The Morgan fingerprint density at radius 1 is 1.50 bits per heavy atom. The number of hydrogen-bond donors (Lipinski definition) is 1. The molecular formula is C13H21N5. The first kappa shape index (κ1) is 14.2. The average molecular weight is 247 g/mol. The van der Waals surface area contributed by atoms with Gasteiger partial charge in [-0.05, 0) is 12.8 Å². The van der Waals surface area contributed by atoms with E-state index in [1.54, 1.807) is 7.05 Å². The molecule has 0 bridgehead atoms. The Labute approximate surface area is 109 Å². The highest BCUT2D eigenvalue weighted by Crippen LogP contribution is 2.19. The molecule has 0 aromatic carbocycles. The predicted octanol–water partition coefficient (Wildman–Crippen LogP) is 2.20. The van der Waals surface area contributed by atoms with Crippen LogP contribution < -0.4 is 10.2 Å². The average Bonchev–Trinajstić information content (AvgIpc) is 2.35. The van der Waals surface area contributed by atoms with E-state index in [0.29, 0.717) is 24.8 Å². The minimum Gasteiger partial charge on any atom is -0.357 e. The lowest BCUT2D eigenvalue weighted by atomic mass is 10.2. The van der Waals surface area contributed by atoms with Gasteiger partial charge in [-0.2, -0.15) is 10.2 Å². The van der Waals surface area contributed by atoms with Gasteiger partial charge in [-0.3, -0.25) is 0 Å². The molecule has 0 amide bonds. The molecule has 0 aliphatic heterocycles. The van der Waals surface area contributed by atoms with Crippen LogP contribution in [0.25, 0.3) is 0 Å². The van der Waals surface area contributed by atoms with Gasteiger partial charge >= 0.3 is 0 Å². The Hall–Kier alpha value is -1.83. The molecule has 0 aliphatic carbocycles. The van der Waals surface area contributed by atoms with Gasteiger partial charge in [-0.25, -0.2) is 4.98 Å². The second-order valence-electron chi connectivity index (χ2n) is 4.70. The zero-order valence-corrected chi connectivity index (χ0v) is 11.6. The maximum atomic E-state index is 8.74. The fourth-order valence-electron chi connectivity index (χ4n) is 1.78. The van der Waals surface area contributed by atoms with Crippen LogP contribution in [-0.2, 0) is 0 Å². The smallest absolute Gasteiger partial charge is 0.224 e. The molecule has 5 heteroatoms. The molecule has 0 aliphatic rings. The Bertz CT molecular complexity index is 422. The van der Waals surface area contributed by atoms with Crippen LogP contribution in [0.4, 0.5) is 11.8 Å². The van der Waals surface area contributed by atoms with Crippen molar-refractivity contribution in [3.8, 4) is 6.07 Å². The SMILES string of the molecule is CNc1ncc(C)c(N(CCC#N)CC(C)C)n1. The second-order valence-corrected chi connectivity index (χ2v) is 4.70. The molecule has 0 radical (unpaired) electrons. The van der Waals surface area contributed by atoms with Gasteiger partial charge in [0.25, 0.3) is 0 Å². The molecule has 1 N–H and O–H groups in total. The summed E-state index contributed by atoms with van der Waals surface area (Å²) < 4.78 is 0. The fraction of sp³-hybridized carbons (Fsp3) is 0.615. The van der Waals surface area contributed by atoms with Gasteiger partial charge in [0, 0.05) is 31.9 Å². The number of hydrogen-bond acceptors (Lipinski definition) is 5. The summed E-state index contributed by atoms with van der Waals surface area (Å²) in [7, 11) is 1.80. The lowest BCUT2D eigenvalue weighted by Gasteiger charge is -2.26.